The zero-order valence-corrected chi connectivity index (χ0v) is 18.6. The molecule has 152 valence electrons. The summed E-state index contributed by atoms with van der Waals surface area (Å²) in [5, 5.41) is 15.3. The Morgan fingerprint density at radius 3 is 2.73 bits per heavy atom. The molecule has 10 heteroatoms. The van der Waals surface area contributed by atoms with E-state index < -0.39 is 0 Å². The number of nitrogens with one attached hydrogen (secondary N) is 1. The summed E-state index contributed by atoms with van der Waals surface area (Å²) < 4.78 is 1.92. The van der Waals surface area contributed by atoms with Crippen LogP contribution < -0.4 is 5.32 Å². The van der Waals surface area contributed by atoms with Gasteiger partial charge in [0.05, 0.1) is 17.1 Å². The van der Waals surface area contributed by atoms with Gasteiger partial charge >= 0.3 is 0 Å². The third-order valence-corrected chi connectivity index (χ3v) is 6.46. The van der Waals surface area contributed by atoms with Gasteiger partial charge in [-0.2, -0.15) is 0 Å². The number of thiazole rings is 1. The van der Waals surface area contributed by atoms with Crippen molar-refractivity contribution in [1.29, 1.82) is 0 Å². The molecule has 0 saturated heterocycles. The summed E-state index contributed by atoms with van der Waals surface area (Å²) in [6, 6.07) is 9.41. The van der Waals surface area contributed by atoms with E-state index in [1.807, 2.05) is 54.1 Å². The first-order chi connectivity index (χ1) is 14.5. The van der Waals surface area contributed by atoms with Crippen molar-refractivity contribution in [3.63, 3.8) is 0 Å². The topological polar surface area (TPSA) is 85.6 Å². The fourth-order valence-electron chi connectivity index (χ4n) is 2.80. The first-order valence-electron chi connectivity index (χ1n) is 8.99. The summed E-state index contributed by atoms with van der Waals surface area (Å²) in [5.74, 6) is 0.672. The molecule has 1 aromatic carbocycles. The molecule has 0 bridgehead atoms. The molecule has 0 unspecified atom stereocenters. The summed E-state index contributed by atoms with van der Waals surface area (Å²) in [7, 11) is 0. The number of carbonyl (C=O) groups excluding carboxylic acids is 1. The molecule has 4 aromatic rings. The summed E-state index contributed by atoms with van der Waals surface area (Å²) in [6.45, 7) is 3.83. The van der Waals surface area contributed by atoms with Crippen LogP contribution in [0.15, 0.2) is 53.3 Å². The van der Waals surface area contributed by atoms with Crippen LogP contribution in [0, 0.1) is 13.8 Å². The van der Waals surface area contributed by atoms with E-state index in [0.717, 1.165) is 22.5 Å². The van der Waals surface area contributed by atoms with Crippen LogP contribution in [0.2, 0.25) is 5.02 Å². The number of aryl methyl sites for hydroxylation is 1. The molecule has 3 aromatic heterocycles. The van der Waals surface area contributed by atoms with Crippen molar-refractivity contribution in [2.45, 2.75) is 19.0 Å². The van der Waals surface area contributed by atoms with Gasteiger partial charge < -0.3 is 5.32 Å². The number of rotatable bonds is 6. The molecule has 0 radical (unpaired) electrons. The number of carbonyl (C=O) groups is 1. The highest BCUT2D eigenvalue weighted by Gasteiger charge is 2.19. The Bertz CT molecular complexity index is 1190. The number of pyridine rings is 1. The van der Waals surface area contributed by atoms with Crippen LogP contribution in [0.5, 0.6) is 0 Å². The van der Waals surface area contributed by atoms with Crippen LogP contribution in [-0.4, -0.2) is 36.4 Å². The van der Waals surface area contributed by atoms with E-state index in [1.165, 1.54) is 23.1 Å². The Balaban J connectivity index is 1.65. The van der Waals surface area contributed by atoms with Gasteiger partial charge in [-0.15, -0.1) is 21.5 Å². The second-order valence-corrected chi connectivity index (χ2v) is 8.60. The van der Waals surface area contributed by atoms with Crippen molar-refractivity contribution in [3.05, 3.63) is 64.4 Å². The molecule has 0 aliphatic heterocycles. The minimum atomic E-state index is -0.155. The van der Waals surface area contributed by atoms with E-state index in [1.54, 1.807) is 12.4 Å². The van der Waals surface area contributed by atoms with E-state index >= 15 is 0 Å². The van der Waals surface area contributed by atoms with E-state index in [-0.39, 0.29) is 11.7 Å². The van der Waals surface area contributed by atoms with Crippen LogP contribution in [0.3, 0.4) is 0 Å². The molecule has 7 nitrogen and oxygen atoms in total. The Labute approximate surface area is 186 Å². The third-order valence-electron chi connectivity index (χ3n) is 4.25. The van der Waals surface area contributed by atoms with Gasteiger partial charge in [0.2, 0.25) is 5.91 Å². The number of benzene rings is 1. The molecule has 0 spiro atoms. The maximum atomic E-state index is 12.4. The van der Waals surface area contributed by atoms with Crippen molar-refractivity contribution >= 4 is 45.7 Å². The van der Waals surface area contributed by atoms with Crippen LogP contribution in [0.1, 0.15) is 11.3 Å². The second-order valence-electron chi connectivity index (χ2n) is 6.39. The average Bonchev–Trinajstić information content (AvgIpc) is 3.35. The van der Waals surface area contributed by atoms with E-state index in [9.17, 15) is 4.79 Å². The lowest BCUT2D eigenvalue weighted by Crippen LogP contribution is -2.14. The van der Waals surface area contributed by atoms with Gasteiger partial charge in [-0.05, 0) is 43.7 Å². The predicted molar refractivity (Wildman–Crippen MR) is 121 cm³/mol. The van der Waals surface area contributed by atoms with Gasteiger partial charge in [0.1, 0.15) is 0 Å². The van der Waals surface area contributed by atoms with Crippen LogP contribution in [0.25, 0.3) is 17.1 Å². The summed E-state index contributed by atoms with van der Waals surface area (Å²) in [6.07, 6.45) is 3.41. The minimum Gasteiger partial charge on any atom is -0.301 e. The number of nitrogens with zero attached hydrogens (tertiary/aromatic N) is 5. The van der Waals surface area contributed by atoms with Gasteiger partial charge in [0, 0.05) is 28.4 Å². The van der Waals surface area contributed by atoms with Crippen LogP contribution >= 0.6 is 34.7 Å². The summed E-state index contributed by atoms with van der Waals surface area (Å²) >= 11 is 9.06. The molecule has 0 saturated carbocycles. The van der Waals surface area contributed by atoms with Gasteiger partial charge in [-0.3, -0.25) is 14.3 Å². The quantitative estimate of drug-likeness (QED) is 0.420. The first kappa shape index (κ1) is 20.5. The van der Waals surface area contributed by atoms with Crippen LogP contribution in [0.4, 0.5) is 5.13 Å². The SMILES string of the molecule is Cc1csc(NC(=O)CSc2nnc(-c3ccncc3)n2-c2cccc(Cl)c2C)n1. The van der Waals surface area contributed by atoms with E-state index in [2.05, 4.69) is 25.5 Å². The van der Waals surface area contributed by atoms with Gasteiger partial charge in [0.25, 0.3) is 0 Å². The fourth-order valence-corrected chi connectivity index (χ4v) is 4.42. The van der Waals surface area contributed by atoms with Crippen molar-refractivity contribution in [3.8, 4) is 17.1 Å². The van der Waals surface area contributed by atoms with Crippen molar-refractivity contribution < 1.29 is 4.79 Å². The number of hydrogen-bond acceptors (Lipinski definition) is 7. The average molecular weight is 457 g/mol. The highest BCUT2D eigenvalue weighted by Crippen LogP contribution is 2.31. The van der Waals surface area contributed by atoms with Crippen molar-refractivity contribution in [1.82, 2.24) is 24.7 Å². The predicted octanol–water partition coefficient (Wildman–Crippen LogP) is 4.79. The van der Waals surface area contributed by atoms with E-state index in [4.69, 9.17) is 11.6 Å². The zero-order chi connectivity index (χ0) is 21.1. The number of aromatic nitrogens is 5. The van der Waals surface area contributed by atoms with Gasteiger partial charge in [-0.25, -0.2) is 4.98 Å². The molecule has 0 aliphatic rings. The maximum Gasteiger partial charge on any atom is 0.236 e. The van der Waals surface area contributed by atoms with Crippen molar-refractivity contribution in [2.75, 3.05) is 11.1 Å². The monoisotopic (exact) mass is 456 g/mol. The highest BCUT2D eigenvalue weighted by atomic mass is 35.5. The molecule has 3 heterocycles. The number of anilines is 1. The Hall–Kier alpha value is -2.75. The lowest BCUT2D eigenvalue weighted by atomic mass is 10.2. The second kappa shape index (κ2) is 8.95. The minimum absolute atomic E-state index is 0.155. The molecule has 0 aliphatic carbocycles. The maximum absolute atomic E-state index is 12.4. The largest absolute Gasteiger partial charge is 0.301 e. The number of thioether (sulfide) groups is 1. The summed E-state index contributed by atoms with van der Waals surface area (Å²) in [5.41, 5.74) is 3.50. The van der Waals surface area contributed by atoms with Crippen LogP contribution in [-0.2, 0) is 4.79 Å². The number of hydrogen-bond donors (Lipinski definition) is 1. The fraction of sp³-hybridized carbons (Fsp3) is 0.150. The normalized spacial score (nSPS) is 10.9. The van der Waals surface area contributed by atoms with Gasteiger partial charge in [-0.1, -0.05) is 29.4 Å². The summed E-state index contributed by atoms with van der Waals surface area (Å²) in [4.78, 5) is 20.7. The number of amides is 1. The Kier molecular flexibility index (Phi) is 6.12. The molecule has 4 rings (SSSR count). The molecule has 1 amide bonds. The zero-order valence-electron chi connectivity index (χ0n) is 16.2. The van der Waals surface area contributed by atoms with E-state index in [0.29, 0.717) is 21.1 Å². The third kappa shape index (κ3) is 4.38. The van der Waals surface area contributed by atoms with Gasteiger partial charge in [0.15, 0.2) is 16.1 Å². The molecule has 1 N–H and O–H groups in total. The molecule has 0 fully saturated rings. The molecule has 0 atom stereocenters. The molecule has 30 heavy (non-hydrogen) atoms. The Morgan fingerprint density at radius 2 is 2.00 bits per heavy atom. The molecular formula is C20H17ClN6OS2. The highest BCUT2D eigenvalue weighted by molar-refractivity contribution is 7.99. The smallest absolute Gasteiger partial charge is 0.236 e. The van der Waals surface area contributed by atoms with Crippen molar-refractivity contribution in [2.24, 2.45) is 0 Å². The lowest BCUT2D eigenvalue weighted by molar-refractivity contribution is -0.113. The lowest BCUT2D eigenvalue weighted by Gasteiger charge is -2.13. The molecular weight excluding hydrogens is 440 g/mol. The first-order valence-corrected chi connectivity index (χ1v) is 11.2. The Morgan fingerprint density at radius 1 is 1.20 bits per heavy atom. The number of halogens is 1. The standard InChI is InChI=1S/C20H17ClN6OS2/c1-12-10-29-19(23-12)24-17(28)11-30-20-26-25-18(14-6-8-22-9-7-14)27(20)16-5-3-4-15(21)13(16)2/h3-10H,11H2,1-2H3,(H,23,24,28).